The molecule has 2 atom stereocenters. The van der Waals surface area contributed by atoms with E-state index in [0.29, 0.717) is 19.7 Å². The minimum Gasteiger partial charge on any atom is -0.460 e. The third kappa shape index (κ3) is 6.30. The van der Waals surface area contributed by atoms with Gasteiger partial charge in [-0.1, -0.05) is 111 Å². The number of hydrogen-bond acceptors (Lipinski definition) is 3. The van der Waals surface area contributed by atoms with E-state index in [1.165, 1.54) is 11.1 Å². The second-order valence-corrected chi connectivity index (χ2v) is 7.80. The predicted octanol–water partition coefficient (Wildman–Crippen LogP) is 5.85. The number of carbonyl (C=O) groups is 1. The molecular formula is C27H31NO2. The van der Waals surface area contributed by atoms with Gasteiger partial charge in [-0.05, 0) is 22.6 Å². The molecule has 0 spiro atoms. The lowest BCUT2D eigenvalue weighted by Gasteiger charge is -2.34. The summed E-state index contributed by atoms with van der Waals surface area (Å²) < 4.78 is 5.79. The van der Waals surface area contributed by atoms with Crippen molar-refractivity contribution in [1.29, 1.82) is 0 Å². The lowest BCUT2D eigenvalue weighted by molar-refractivity contribution is -0.154. The molecule has 0 N–H and O–H groups in total. The number of esters is 1. The SMILES string of the molecule is CCC(C)C(C(=O)OCc1ccccc1)N(Cc1ccccc1)Cc1ccccc1. The van der Waals surface area contributed by atoms with E-state index in [0.717, 1.165) is 12.0 Å². The summed E-state index contributed by atoms with van der Waals surface area (Å²) in [5.41, 5.74) is 3.39. The lowest BCUT2D eigenvalue weighted by Crippen LogP contribution is -2.45. The van der Waals surface area contributed by atoms with Crippen molar-refractivity contribution in [2.75, 3.05) is 0 Å². The third-order valence-corrected chi connectivity index (χ3v) is 5.50. The van der Waals surface area contributed by atoms with Crippen LogP contribution < -0.4 is 0 Å². The van der Waals surface area contributed by atoms with E-state index in [9.17, 15) is 4.79 Å². The first-order chi connectivity index (χ1) is 14.7. The fourth-order valence-corrected chi connectivity index (χ4v) is 3.67. The van der Waals surface area contributed by atoms with Gasteiger partial charge in [0.1, 0.15) is 12.6 Å². The van der Waals surface area contributed by atoms with Gasteiger partial charge in [0.2, 0.25) is 0 Å². The van der Waals surface area contributed by atoms with E-state index in [-0.39, 0.29) is 17.9 Å². The monoisotopic (exact) mass is 401 g/mol. The molecule has 0 aliphatic carbocycles. The fraction of sp³-hybridized carbons (Fsp3) is 0.296. The van der Waals surface area contributed by atoms with Crippen LogP contribution in [0.2, 0.25) is 0 Å². The van der Waals surface area contributed by atoms with Gasteiger partial charge in [-0.3, -0.25) is 9.69 Å². The van der Waals surface area contributed by atoms with Crippen molar-refractivity contribution in [1.82, 2.24) is 4.90 Å². The molecule has 0 saturated carbocycles. The molecule has 30 heavy (non-hydrogen) atoms. The third-order valence-electron chi connectivity index (χ3n) is 5.50. The van der Waals surface area contributed by atoms with Gasteiger partial charge in [0.05, 0.1) is 0 Å². The molecule has 2 unspecified atom stereocenters. The Morgan fingerprint density at radius 3 is 1.63 bits per heavy atom. The largest absolute Gasteiger partial charge is 0.460 e. The van der Waals surface area contributed by atoms with Crippen molar-refractivity contribution in [3.8, 4) is 0 Å². The maximum atomic E-state index is 13.3. The Labute approximate surface area is 180 Å². The highest BCUT2D eigenvalue weighted by molar-refractivity contribution is 5.76. The van der Waals surface area contributed by atoms with Gasteiger partial charge < -0.3 is 4.74 Å². The van der Waals surface area contributed by atoms with Crippen LogP contribution >= 0.6 is 0 Å². The Kier molecular flexibility index (Phi) is 8.22. The van der Waals surface area contributed by atoms with Crippen LogP contribution in [0.5, 0.6) is 0 Å². The zero-order valence-electron chi connectivity index (χ0n) is 17.9. The van der Waals surface area contributed by atoms with Crippen molar-refractivity contribution >= 4 is 5.97 Å². The van der Waals surface area contributed by atoms with Crippen LogP contribution in [0.15, 0.2) is 91.0 Å². The van der Waals surface area contributed by atoms with Crippen LogP contribution in [0, 0.1) is 5.92 Å². The van der Waals surface area contributed by atoms with E-state index in [1.807, 2.05) is 66.7 Å². The van der Waals surface area contributed by atoms with Crippen LogP contribution in [-0.4, -0.2) is 16.9 Å². The smallest absolute Gasteiger partial charge is 0.323 e. The van der Waals surface area contributed by atoms with Crippen LogP contribution in [-0.2, 0) is 29.2 Å². The summed E-state index contributed by atoms with van der Waals surface area (Å²) in [6, 6.07) is 30.2. The number of rotatable bonds is 10. The van der Waals surface area contributed by atoms with Gasteiger partial charge in [0, 0.05) is 13.1 Å². The Hall–Kier alpha value is -2.91. The number of nitrogens with zero attached hydrogens (tertiary/aromatic N) is 1. The van der Waals surface area contributed by atoms with Gasteiger partial charge in [0.15, 0.2) is 0 Å². The Balaban J connectivity index is 1.82. The maximum Gasteiger partial charge on any atom is 0.323 e. The standard InChI is InChI=1S/C27H31NO2/c1-3-22(2)26(27(29)30-21-25-17-11-6-12-18-25)28(19-23-13-7-4-8-14-23)20-24-15-9-5-10-16-24/h4-18,22,26H,3,19-21H2,1-2H3. The van der Waals surface area contributed by atoms with Gasteiger partial charge >= 0.3 is 5.97 Å². The second-order valence-electron chi connectivity index (χ2n) is 7.80. The minimum absolute atomic E-state index is 0.153. The average Bonchev–Trinajstić information content (AvgIpc) is 2.79. The first kappa shape index (κ1) is 21.8. The second kappa shape index (κ2) is 11.3. The van der Waals surface area contributed by atoms with Gasteiger partial charge in [-0.25, -0.2) is 0 Å². The van der Waals surface area contributed by atoms with E-state index in [4.69, 9.17) is 4.74 Å². The normalized spacial score (nSPS) is 13.0. The number of benzene rings is 3. The van der Waals surface area contributed by atoms with Crippen molar-refractivity contribution < 1.29 is 9.53 Å². The molecule has 0 aromatic heterocycles. The van der Waals surface area contributed by atoms with Crippen molar-refractivity contribution in [3.63, 3.8) is 0 Å². The average molecular weight is 402 g/mol. The summed E-state index contributed by atoms with van der Waals surface area (Å²) in [5, 5.41) is 0. The summed E-state index contributed by atoms with van der Waals surface area (Å²) in [6.45, 7) is 5.97. The van der Waals surface area contributed by atoms with Crippen molar-refractivity contribution in [2.45, 2.75) is 46.0 Å². The molecule has 0 fully saturated rings. The predicted molar refractivity (Wildman–Crippen MR) is 122 cm³/mol. The molecule has 156 valence electrons. The van der Waals surface area contributed by atoms with E-state index in [2.05, 4.69) is 43.0 Å². The molecule has 0 bridgehead atoms. The number of carbonyl (C=O) groups excluding carboxylic acids is 1. The van der Waals surface area contributed by atoms with Crippen LogP contribution in [0.25, 0.3) is 0 Å². The molecule has 0 amide bonds. The van der Waals surface area contributed by atoms with Crippen LogP contribution in [0.3, 0.4) is 0 Å². The minimum atomic E-state index is -0.306. The molecule has 0 radical (unpaired) electrons. The Morgan fingerprint density at radius 2 is 1.20 bits per heavy atom. The van der Waals surface area contributed by atoms with Gasteiger partial charge in [-0.2, -0.15) is 0 Å². The maximum absolute atomic E-state index is 13.3. The molecule has 3 rings (SSSR count). The highest BCUT2D eigenvalue weighted by Crippen LogP contribution is 2.22. The van der Waals surface area contributed by atoms with E-state index < -0.39 is 0 Å². The van der Waals surface area contributed by atoms with E-state index in [1.54, 1.807) is 0 Å². The van der Waals surface area contributed by atoms with Gasteiger partial charge in [0.25, 0.3) is 0 Å². The lowest BCUT2D eigenvalue weighted by atomic mass is 9.96. The summed E-state index contributed by atoms with van der Waals surface area (Å²) in [5.74, 6) is 0.0285. The van der Waals surface area contributed by atoms with Crippen LogP contribution in [0.1, 0.15) is 37.0 Å². The highest BCUT2D eigenvalue weighted by Gasteiger charge is 2.32. The fourth-order valence-electron chi connectivity index (χ4n) is 3.67. The van der Waals surface area contributed by atoms with Crippen molar-refractivity contribution in [2.24, 2.45) is 5.92 Å². The zero-order chi connectivity index (χ0) is 21.2. The first-order valence-corrected chi connectivity index (χ1v) is 10.7. The molecule has 3 nitrogen and oxygen atoms in total. The molecule has 3 heteroatoms. The zero-order valence-corrected chi connectivity index (χ0v) is 17.9. The number of hydrogen-bond donors (Lipinski definition) is 0. The Morgan fingerprint density at radius 1 is 0.767 bits per heavy atom. The molecule has 0 saturated heterocycles. The highest BCUT2D eigenvalue weighted by atomic mass is 16.5. The van der Waals surface area contributed by atoms with Crippen molar-refractivity contribution in [3.05, 3.63) is 108 Å². The number of ether oxygens (including phenoxy) is 1. The summed E-state index contributed by atoms with van der Waals surface area (Å²) >= 11 is 0. The molecule has 3 aromatic carbocycles. The Bertz CT molecular complexity index is 839. The van der Waals surface area contributed by atoms with Gasteiger partial charge in [-0.15, -0.1) is 0 Å². The molecule has 3 aromatic rings. The molecule has 0 aliphatic heterocycles. The topological polar surface area (TPSA) is 29.5 Å². The molecular weight excluding hydrogens is 370 g/mol. The molecule has 0 heterocycles. The quantitative estimate of drug-likeness (QED) is 0.399. The summed E-state index contributed by atoms with van der Waals surface area (Å²) in [7, 11) is 0. The molecule has 0 aliphatic rings. The first-order valence-electron chi connectivity index (χ1n) is 10.7. The van der Waals surface area contributed by atoms with E-state index >= 15 is 0 Å². The summed E-state index contributed by atoms with van der Waals surface area (Å²) in [6.07, 6.45) is 0.908. The van der Waals surface area contributed by atoms with Crippen LogP contribution in [0.4, 0.5) is 0 Å². The summed E-state index contributed by atoms with van der Waals surface area (Å²) in [4.78, 5) is 15.5.